The lowest BCUT2D eigenvalue weighted by Crippen LogP contribution is -1.98. The summed E-state index contributed by atoms with van der Waals surface area (Å²) in [6.45, 7) is 1.49. The summed E-state index contributed by atoms with van der Waals surface area (Å²) < 4.78 is 13.5. The zero-order chi connectivity index (χ0) is 14.3. The maximum atomic E-state index is 13.5. The molecule has 3 rings (SSSR count). The highest BCUT2D eigenvalue weighted by molar-refractivity contribution is 5.94. The molecule has 2 aromatic carbocycles. The Morgan fingerprint density at radius 2 is 1.80 bits per heavy atom. The fourth-order valence-electron chi connectivity index (χ4n) is 2.67. The van der Waals surface area contributed by atoms with Crippen molar-refractivity contribution in [2.75, 3.05) is 0 Å². The number of fused-ring (bicyclic) bond motifs is 3. The van der Waals surface area contributed by atoms with Gasteiger partial charge in [-0.3, -0.25) is 0 Å². The molecule has 1 N–H and O–H groups in total. The monoisotopic (exact) mass is 268 g/mol. The van der Waals surface area contributed by atoms with E-state index < -0.39 is 11.8 Å². The van der Waals surface area contributed by atoms with Crippen molar-refractivity contribution in [2.45, 2.75) is 13.3 Å². The Kier molecular flexibility index (Phi) is 2.90. The van der Waals surface area contributed by atoms with Gasteiger partial charge in [-0.05, 0) is 46.7 Å². The van der Waals surface area contributed by atoms with Crippen LogP contribution in [0.15, 0.2) is 48.3 Å². The van der Waals surface area contributed by atoms with Crippen LogP contribution in [-0.4, -0.2) is 11.1 Å². The summed E-state index contributed by atoms with van der Waals surface area (Å²) >= 11 is 0. The predicted molar refractivity (Wildman–Crippen MR) is 76.0 cm³/mol. The van der Waals surface area contributed by atoms with Crippen molar-refractivity contribution < 1.29 is 14.3 Å². The number of carboxylic acids is 1. The number of aliphatic carboxylic acids is 1. The molecule has 0 spiro atoms. The highest BCUT2D eigenvalue weighted by Gasteiger charge is 2.19. The van der Waals surface area contributed by atoms with E-state index in [1.807, 2.05) is 24.3 Å². The lowest BCUT2D eigenvalue weighted by molar-refractivity contribution is -0.134. The average molecular weight is 268 g/mol. The first-order chi connectivity index (χ1) is 9.58. The van der Waals surface area contributed by atoms with Gasteiger partial charge in [-0.25, -0.2) is 4.79 Å². The number of rotatable bonds is 2. The second-order valence-electron chi connectivity index (χ2n) is 4.95. The van der Waals surface area contributed by atoms with Crippen LogP contribution in [-0.2, 0) is 11.2 Å². The van der Waals surface area contributed by atoms with Gasteiger partial charge in [0.2, 0.25) is 5.83 Å². The molecule has 0 radical (unpaired) electrons. The van der Waals surface area contributed by atoms with Crippen molar-refractivity contribution in [1.82, 2.24) is 0 Å². The number of allylic oxidation sites excluding steroid dienone is 1. The third-order valence-corrected chi connectivity index (χ3v) is 3.74. The standard InChI is InChI=1S/C17H13FO2/c1-10(16(18)17(19)20)11-6-7-15-13(8-11)9-12-4-2-3-5-14(12)15/h2-8H,9H2,1H3,(H,19,20). The SMILES string of the molecule is CC(=C(F)C(=O)O)c1ccc2c(c1)Cc1ccccc1-2. The minimum atomic E-state index is -1.52. The van der Waals surface area contributed by atoms with Crippen LogP contribution in [0.25, 0.3) is 16.7 Å². The van der Waals surface area contributed by atoms with Crippen molar-refractivity contribution in [2.24, 2.45) is 0 Å². The summed E-state index contributed by atoms with van der Waals surface area (Å²) in [6, 6.07) is 13.7. The van der Waals surface area contributed by atoms with Gasteiger partial charge in [0.15, 0.2) is 0 Å². The largest absolute Gasteiger partial charge is 0.476 e. The Labute approximate surface area is 116 Å². The van der Waals surface area contributed by atoms with Crippen LogP contribution in [0.5, 0.6) is 0 Å². The molecule has 0 amide bonds. The van der Waals surface area contributed by atoms with Gasteiger partial charge in [0.1, 0.15) is 0 Å². The van der Waals surface area contributed by atoms with Gasteiger partial charge >= 0.3 is 5.97 Å². The van der Waals surface area contributed by atoms with Gasteiger partial charge in [0.25, 0.3) is 0 Å². The molecule has 0 bridgehead atoms. The molecule has 0 atom stereocenters. The lowest BCUT2D eigenvalue weighted by atomic mass is 9.99. The molecule has 0 fully saturated rings. The maximum Gasteiger partial charge on any atom is 0.365 e. The van der Waals surface area contributed by atoms with E-state index in [1.165, 1.54) is 18.1 Å². The predicted octanol–water partition coefficient (Wildman–Crippen LogP) is 4.04. The first-order valence-corrected chi connectivity index (χ1v) is 6.39. The summed E-state index contributed by atoms with van der Waals surface area (Å²) in [6.07, 6.45) is 0.807. The summed E-state index contributed by atoms with van der Waals surface area (Å²) in [5, 5.41) is 8.72. The topological polar surface area (TPSA) is 37.3 Å². The fourth-order valence-corrected chi connectivity index (χ4v) is 2.67. The first kappa shape index (κ1) is 12.6. The van der Waals surface area contributed by atoms with Gasteiger partial charge in [0, 0.05) is 0 Å². The quantitative estimate of drug-likeness (QED) is 0.712. The molecule has 20 heavy (non-hydrogen) atoms. The van der Waals surface area contributed by atoms with Crippen molar-refractivity contribution >= 4 is 11.5 Å². The molecule has 0 aliphatic heterocycles. The minimum Gasteiger partial charge on any atom is -0.476 e. The highest BCUT2D eigenvalue weighted by Crippen LogP contribution is 2.37. The molecule has 1 aliphatic rings. The van der Waals surface area contributed by atoms with Gasteiger partial charge in [-0.2, -0.15) is 4.39 Å². The smallest absolute Gasteiger partial charge is 0.365 e. The number of halogens is 1. The highest BCUT2D eigenvalue weighted by atomic mass is 19.1. The molecule has 0 heterocycles. The minimum absolute atomic E-state index is 0.163. The number of hydrogen-bond donors (Lipinski definition) is 1. The fraction of sp³-hybridized carbons (Fsp3) is 0.118. The molecule has 0 aromatic heterocycles. The van der Waals surface area contributed by atoms with Crippen LogP contribution >= 0.6 is 0 Å². The molecule has 0 saturated heterocycles. The zero-order valence-electron chi connectivity index (χ0n) is 11.0. The molecule has 2 nitrogen and oxygen atoms in total. The van der Waals surface area contributed by atoms with Gasteiger partial charge in [-0.15, -0.1) is 0 Å². The molecule has 2 aromatic rings. The normalized spacial score (nSPS) is 13.5. The molecule has 1 aliphatic carbocycles. The maximum absolute atomic E-state index is 13.5. The third-order valence-electron chi connectivity index (χ3n) is 3.74. The van der Waals surface area contributed by atoms with E-state index in [4.69, 9.17) is 5.11 Å². The number of carbonyl (C=O) groups is 1. The average Bonchev–Trinajstić information content (AvgIpc) is 2.83. The molecule has 0 unspecified atom stereocenters. The van der Waals surface area contributed by atoms with E-state index in [1.54, 1.807) is 6.07 Å². The van der Waals surface area contributed by atoms with E-state index in [2.05, 4.69) is 12.1 Å². The first-order valence-electron chi connectivity index (χ1n) is 6.39. The molecule has 100 valence electrons. The van der Waals surface area contributed by atoms with Crippen LogP contribution < -0.4 is 0 Å². The van der Waals surface area contributed by atoms with Crippen molar-refractivity contribution in [3.63, 3.8) is 0 Å². The van der Waals surface area contributed by atoms with E-state index >= 15 is 0 Å². The van der Waals surface area contributed by atoms with Crippen molar-refractivity contribution in [3.8, 4) is 11.1 Å². The Hall–Kier alpha value is -2.42. The summed E-state index contributed by atoms with van der Waals surface area (Å²) in [5.41, 5.74) is 5.50. The van der Waals surface area contributed by atoms with E-state index in [0.29, 0.717) is 5.56 Å². The van der Waals surface area contributed by atoms with E-state index in [0.717, 1.165) is 17.5 Å². The van der Waals surface area contributed by atoms with Crippen molar-refractivity contribution in [3.05, 3.63) is 65.0 Å². The zero-order valence-corrected chi connectivity index (χ0v) is 11.0. The van der Waals surface area contributed by atoms with Crippen LogP contribution in [0.4, 0.5) is 4.39 Å². The van der Waals surface area contributed by atoms with Crippen LogP contribution in [0.3, 0.4) is 0 Å². The van der Waals surface area contributed by atoms with Gasteiger partial charge in [0.05, 0.1) is 0 Å². The summed E-state index contributed by atoms with van der Waals surface area (Å²) in [7, 11) is 0. The lowest BCUT2D eigenvalue weighted by Gasteiger charge is -2.06. The molecular weight excluding hydrogens is 255 g/mol. The number of carboxylic acid groups (broad SMARTS) is 1. The Bertz CT molecular complexity index is 744. The third kappa shape index (κ3) is 1.92. The van der Waals surface area contributed by atoms with Gasteiger partial charge < -0.3 is 5.11 Å². The summed E-state index contributed by atoms with van der Waals surface area (Å²) in [4.78, 5) is 10.7. The second kappa shape index (κ2) is 4.60. The van der Waals surface area contributed by atoms with Crippen molar-refractivity contribution in [1.29, 1.82) is 0 Å². The Balaban J connectivity index is 2.08. The number of benzene rings is 2. The van der Waals surface area contributed by atoms with Crippen LogP contribution in [0, 0.1) is 0 Å². The molecule has 0 saturated carbocycles. The number of hydrogen-bond acceptors (Lipinski definition) is 1. The Morgan fingerprint density at radius 1 is 1.10 bits per heavy atom. The van der Waals surface area contributed by atoms with E-state index in [-0.39, 0.29) is 5.57 Å². The molecule has 3 heteroatoms. The second-order valence-corrected chi connectivity index (χ2v) is 4.95. The Morgan fingerprint density at radius 3 is 2.55 bits per heavy atom. The molecular formula is C17H13FO2. The van der Waals surface area contributed by atoms with Crippen LogP contribution in [0.1, 0.15) is 23.6 Å². The van der Waals surface area contributed by atoms with Crippen LogP contribution in [0.2, 0.25) is 0 Å². The van der Waals surface area contributed by atoms with E-state index in [9.17, 15) is 9.18 Å². The summed E-state index contributed by atoms with van der Waals surface area (Å²) in [5.74, 6) is -2.62. The van der Waals surface area contributed by atoms with Gasteiger partial charge in [-0.1, -0.05) is 42.5 Å².